The van der Waals surface area contributed by atoms with Crippen molar-refractivity contribution in [2.45, 2.75) is 13.0 Å². The summed E-state index contributed by atoms with van der Waals surface area (Å²) in [6.45, 7) is 1.65. The quantitative estimate of drug-likeness (QED) is 0.765. The molecule has 0 saturated heterocycles. The van der Waals surface area contributed by atoms with Gasteiger partial charge in [0.1, 0.15) is 5.75 Å². The predicted molar refractivity (Wildman–Crippen MR) is 86.9 cm³/mol. The van der Waals surface area contributed by atoms with E-state index in [1.54, 1.807) is 0 Å². The first-order valence-electron chi connectivity index (χ1n) is 7.36. The highest BCUT2D eigenvalue weighted by Crippen LogP contribution is 2.27. The van der Waals surface area contributed by atoms with Gasteiger partial charge >= 0.3 is 0 Å². The Labute approximate surface area is 124 Å². The summed E-state index contributed by atoms with van der Waals surface area (Å²) in [6.07, 6.45) is 1.03. The van der Waals surface area contributed by atoms with E-state index in [1.165, 1.54) is 27.6 Å². The summed E-state index contributed by atoms with van der Waals surface area (Å²) in [5.74, 6) is 1.05. The number of anilines is 1. The molecule has 1 N–H and O–H groups in total. The topological polar surface area (TPSA) is 21.3 Å². The van der Waals surface area contributed by atoms with Crippen molar-refractivity contribution in [3.8, 4) is 5.75 Å². The third-order valence-corrected chi connectivity index (χ3v) is 4.03. The van der Waals surface area contributed by atoms with Gasteiger partial charge in [-0.05, 0) is 28.6 Å². The highest BCUT2D eigenvalue weighted by atomic mass is 16.5. The Morgan fingerprint density at radius 2 is 1.86 bits per heavy atom. The lowest BCUT2D eigenvalue weighted by Crippen LogP contribution is -2.00. The van der Waals surface area contributed by atoms with Crippen LogP contribution in [-0.2, 0) is 13.0 Å². The lowest BCUT2D eigenvalue weighted by molar-refractivity contribution is 0.357. The van der Waals surface area contributed by atoms with Crippen molar-refractivity contribution < 1.29 is 4.74 Å². The predicted octanol–water partition coefficient (Wildman–Crippen LogP) is 4.39. The van der Waals surface area contributed by atoms with Crippen LogP contribution >= 0.6 is 0 Å². The SMILES string of the molecule is c1ccc2c(NCc3ccc4c(c3)CCO4)cccc2c1. The molecule has 3 aromatic carbocycles. The molecule has 0 bridgehead atoms. The van der Waals surface area contributed by atoms with E-state index in [-0.39, 0.29) is 0 Å². The maximum absolute atomic E-state index is 5.55. The van der Waals surface area contributed by atoms with Crippen LogP contribution in [0.15, 0.2) is 60.7 Å². The van der Waals surface area contributed by atoms with E-state index >= 15 is 0 Å². The molecule has 0 unspecified atom stereocenters. The van der Waals surface area contributed by atoms with Crippen molar-refractivity contribution in [2.24, 2.45) is 0 Å². The van der Waals surface area contributed by atoms with Gasteiger partial charge in [-0.15, -0.1) is 0 Å². The number of ether oxygens (including phenoxy) is 1. The smallest absolute Gasteiger partial charge is 0.122 e. The molecule has 2 heteroatoms. The second-order valence-electron chi connectivity index (χ2n) is 5.42. The van der Waals surface area contributed by atoms with Gasteiger partial charge in [-0.3, -0.25) is 0 Å². The number of benzene rings is 3. The monoisotopic (exact) mass is 275 g/mol. The molecule has 0 aromatic heterocycles. The average molecular weight is 275 g/mol. The summed E-state index contributed by atoms with van der Waals surface area (Å²) in [5, 5.41) is 6.09. The van der Waals surface area contributed by atoms with Crippen LogP contribution in [0.3, 0.4) is 0 Å². The van der Waals surface area contributed by atoms with E-state index in [2.05, 4.69) is 66.0 Å². The normalized spacial score (nSPS) is 13.0. The van der Waals surface area contributed by atoms with Crippen LogP contribution in [0.4, 0.5) is 5.69 Å². The van der Waals surface area contributed by atoms with Crippen LogP contribution in [0.5, 0.6) is 5.75 Å². The second kappa shape index (κ2) is 5.13. The zero-order valence-corrected chi connectivity index (χ0v) is 11.8. The molecule has 0 radical (unpaired) electrons. The molecular weight excluding hydrogens is 258 g/mol. The van der Waals surface area contributed by atoms with E-state index in [9.17, 15) is 0 Å². The molecule has 2 nitrogen and oxygen atoms in total. The van der Waals surface area contributed by atoms with Crippen molar-refractivity contribution >= 4 is 16.5 Å². The van der Waals surface area contributed by atoms with E-state index in [4.69, 9.17) is 4.74 Å². The lowest BCUT2D eigenvalue weighted by atomic mass is 10.1. The summed E-state index contributed by atoms with van der Waals surface area (Å²) < 4.78 is 5.55. The van der Waals surface area contributed by atoms with Crippen molar-refractivity contribution in [2.75, 3.05) is 11.9 Å². The Hall–Kier alpha value is -2.48. The standard InChI is InChI=1S/C19H17NO/c1-2-6-17-15(4-1)5-3-7-18(17)20-13-14-8-9-19-16(12-14)10-11-21-19/h1-9,12,20H,10-11,13H2. The summed E-state index contributed by atoms with van der Waals surface area (Å²) in [5.41, 5.74) is 3.81. The summed E-state index contributed by atoms with van der Waals surface area (Å²) in [6, 6.07) is 21.3. The van der Waals surface area contributed by atoms with Crippen molar-refractivity contribution in [1.82, 2.24) is 0 Å². The molecule has 0 spiro atoms. The fourth-order valence-electron chi connectivity index (χ4n) is 2.93. The lowest BCUT2D eigenvalue weighted by Gasteiger charge is -2.10. The third-order valence-electron chi connectivity index (χ3n) is 4.03. The Kier molecular flexibility index (Phi) is 3.00. The van der Waals surface area contributed by atoms with Crippen molar-refractivity contribution in [3.63, 3.8) is 0 Å². The van der Waals surface area contributed by atoms with Crippen LogP contribution in [0.2, 0.25) is 0 Å². The first-order chi connectivity index (χ1) is 10.4. The summed E-state index contributed by atoms with van der Waals surface area (Å²) in [7, 11) is 0. The van der Waals surface area contributed by atoms with Crippen LogP contribution in [0, 0.1) is 0 Å². The first kappa shape index (κ1) is 12.3. The minimum absolute atomic E-state index is 0.815. The maximum Gasteiger partial charge on any atom is 0.122 e. The third kappa shape index (κ3) is 2.33. The van der Waals surface area contributed by atoms with E-state index in [1.807, 2.05) is 0 Å². The Morgan fingerprint density at radius 3 is 2.86 bits per heavy atom. The first-order valence-corrected chi connectivity index (χ1v) is 7.36. The maximum atomic E-state index is 5.55. The number of fused-ring (bicyclic) bond motifs is 2. The molecule has 1 heterocycles. The fraction of sp³-hybridized carbons (Fsp3) is 0.158. The summed E-state index contributed by atoms with van der Waals surface area (Å²) >= 11 is 0. The van der Waals surface area contributed by atoms with Crippen LogP contribution < -0.4 is 10.1 Å². The van der Waals surface area contributed by atoms with Gasteiger partial charge in [0, 0.05) is 24.0 Å². The largest absolute Gasteiger partial charge is 0.493 e. The molecule has 0 saturated carbocycles. The number of hydrogen-bond donors (Lipinski definition) is 1. The van der Waals surface area contributed by atoms with Gasteiger partial charge in [-0.1, -0.05) is 48.5 Å². The van der Waals surface area contributed by atoms with Gasteiger partial charge in [0.05, 0.1) is 6.61 Å². The molecule has 4 rings (SSSR count). The number of rotatable bonds is 3. The zero-order chi connectivity index (χ0) is 14.1. The molecule has 0 fully saturated rings. The Morgan fingerprint density at radius 1 is 0.952 bits per heavy atom. The van der Waals surface area contributed by atoms with Crippen LogP contribution in [0.1, 0.15) is 11.1 Å². The number of hydrogen-bond acceptors (Lipinski definition) is 2. The van der Waals surface area contributed by atoms with E-state index in [0.717, 1.165) is 25.3 Å². The van der Waals surface area contributed by atoms with Crippen LogP contribution in [-0.4, -0.2) is 6.61 Å². The van der Waals surface area contributed by atoms with Gasteiger partial charge in [0.2, 0.25) is 0 Å². The number of nitrogens with one attached hydrogen (secondary N) is 1. The minimum atomic E-state index is 0.815. The highest BCUT2D eigenvalue weighted by molar-refractivity contribution is 5.93. The summed E-state index contributed by atoms with van der Waals surface area (Å²) in [4.78, 5) is 0. The molecule has 1 aliphatic rings. The molecule has 1 aliphatic heterocycles. The van der Waals surface area contributed by atoms with Gasteiger partial charge in [0.25, 0.3) is 0 Å². The second-order valence-corrected chi connectivity index (χ2v) is 5.42. The molecular formula is C19H17NO. The molecule has 0 atom stereocenters. The molecule has 0 aliphatic carbocycles. The van der Waals surface area contributed by atoms with Crippen LogP contribution in [0.25, 0.3) is 10.8 Å². The average Bonchev–Trinajstić information content (AvgIpc) is 3.00. The van der Waals surface area contributed by atoms with E-state index in [0.29, 0.717) is 0 Å². The Balaban J connectivity index is 1.58. The zero-order valence-electron chi connectivity index (χ0n) is 11.8. The van der Waals surface area contributed by atoms with Gasteiger partial charge < -0.3 is 10.1 Å². The van der Waals surface area contributed by atoms with Gasteiger partial charge in [-0.2, -0.15) is 0 Å². The molecule has 0 amide bonds. The van der Waals surface area contributed by atoms with Gasteiger partial charge in [-0.25, -0.2) is 0 Å². The van der Waals surface area contributed by atoms with Gasteiger partial charge in [0.15, 0.2) is 0 Å². The minimum Gasteiger partial charge on any atom is -0.493 e. The molecule has 104 valence electrons. The van der Waals surface area contributed by atoms with Crippen molar-refractivity contribution in [1.29, 1.82) is 0 Å². The van der Waals surface area contributed by atoms with E-state index < -0.39 is 0 Å². The molecule has 3 aromatic rings. The van der Waals surface area contributed by atoms with Crippen molar-refractivity contribution in [3.05, 3.63) is 71.8 Å². The highest BCUT2D eigenvalue weighted by Gasteiger charge is 2.11. The fourth-order valence-corrected chi connectivity index (χ4v) is 2.93. The Bertz CT molecular complexity index is 789. The molecule has 21 heavy (non-hydrogen) atoms.